The van der Waals surface area contributed by atoms with Crippen molar-refractivity contribution in [3.63, 3.8) is 0 Å². The molecule has 0 fully saturated rings. The number of benzene rings is 1. The third-order valence-electron chi connectivity index (χ3n) is 3.20. The maximum atomic E-state index is 13.2. The maximum absolute atomic E-state index is 13.2. The fourth-order valence-corrected chi connectivity index (χ4v) is 2.30. The Morgan fingerprint density at radius 2 is 2.35 bits per heavy atom. The summed E-state index contributed by atoms with van der Waals surface area (Å²) in [5, 5.41) is 10.4. The third-order valence-corrected chi connectivity index (χ3v) is 3.20. The number of carbonyl (C=O) groups is 1. The molecule has 0 heterocycles. The molecule has 0 saturated carbocycles. The van der Waals surface area contributed by atoms with Crippen molar-refractivity contribution < 1.29 is 19.0 Å². The van der Waals surface area contributed by atoms with E-state index in [1.54, 1.807) is 6.07 Å². The lowest BCUT2D eigenvalue weighted by molar-refractivity contribution is -0.142. The lowest BCUT2D eigenvalue weighted by Gasteiger charge is -2.23. The standard InChI is InChI=1S/C13H15FO3/c1-9(15)17-7-6-13(16)5-4-10-2-3-11(14)8-12(10)13/h2-3,8,16H,4-7H2,1H3. The Morgan fingerprint density at radius 1 is 1.59 bits per heavy atom. The maximum Gasteiger partial charge on any atom is 0.302 e. The van der Waals surface area contributed by atoms with Crippen molar-refractivity contribution in [1.29, 1.82) is 0 Å². The van der Waals surface area contributed by atoms with Gasteiger partial charge in [-0.15, -0.1) is 0 Å². The summed E-state index contributed by atoms with van der Waals surface area (Å²) in [5.41, 5.74) is 0.536. The Kier molecular flexibility index (Phi) is 3.15. The fraction of sp³-hybridized carbons (Fsp3) is 0.462. The number of rotatable bonds is 3. The first kappa shape index (κ1) is 12.0. The predicted octanol–water partition coefficient (Wildman–Crippen LogP) is 1.91. The fourth-order valence-electron chi connectivity index (χ4n) is 2.30. The van der Waals surface area contributed by atoms with Crippen LogP contribution in [0.15, 0.2) is 18.2 Å². The molecule has 0 saturated heterocycles. The van der Waals surface area contributed by atoms with Crippen LogP contribution in [-0.4, -0.2) is 17.7 Å². The van der Waals surface area contributed by atoms with Crippen LogP contribution in [0, 0.1) is 5.82 Å². The molecule has 0 bridgehead atoms. The molecule has 3 nitrogen and oxygen atoms in total. The zero-order chi connectivity index (χ0) is 12.5. The second-order valence-corrected chi connectivity index (χ2v) is 4.42. The van der Waals surface area contributed by atoms with Gasteiger partial charge in [-0.2, -0.15) is 0 Å². The van der Waals surface area contributed by atoms with E-state index in [0.717, 1.165) is 12.0 Å². The average molecular weight is 238 g/mol. The number of aryl methyl sites for hydroxylation is 1. The number of halogens is 1. The smallest absolute Gasteiger partial charge is 0.302 e. The Morgan fingerprint density at radius 3 is 3.06 bits per heavy atom. The van der Waals surface area contributed by atoms with Crippen LogP contribution in [0.25, 0.3) is 0 Å². The van der Waals surface area contributed by atoms with Crippen molar-refractivity contribution in [2.45, 2.75) is 31.8 Å². The largest absolute Gasteiger partial charge is 0.466 e. The number of hydrogen-bond donors (Lipinski definition) is 1. The van der Waals surface area contributed by atoms with Gasteiger partial charge in [-0.25, -0.2) is 4.39 Å². The molecule has 0 aromatic heterocycles. The molecule has 4 heteroatoms. The molecule has 0 aliphatic heterocycles. The Labute approximate surface area is 99.2 Å². The van der Waals surface area contributed by atoms with Gasteiger partial charge in [0, 0.05) is 13.3 Å². The number of fused-ring (bicyclic) bond motifs is 1. The van der Waals surface area contributed by atoms with Gasteiger partial charge in [-0.3, -0.25) is 4.79 Å². The van der Waals surface area contributed by atoms with E-state index in [9.17, 15) is 14.3 Å². The molecule has 0 spiro atoms. The summed E-state index contributed by atoms with van der Waals surface area (Å²) < 4.78 is 18.0. The Bertz CT molecular complexity index is 444. The van der Waals surface area contributed by atoms with E-state index in [1.807, 2.05) is 0 Å². The Hall–Kier alpha value is -1.42. The van der Waals surface area contributed by atoms with E-state index in [1.165, 1.54) is 19.1 Å². The van der Waals surface area contributed by atoms with Gasteiger partial charge in [0.15, 0.2) is 0 Å². The van der Waals surface area contributed by atoms with Crippen LogP contribution in [0.2, 0.25) is 0 Å². The highest BCUT2D eigenvalue weighted by Crippen LogP contribution is 2.39. The van der Waals surface area contributed by atoms with Crippen LogP contribution in [0.1, 0.15) is 30.9 Å². The van der Waals surface area contributed by atoms with Gasteiger partial charge in [-0.1, -0.05) is 6.07 Å². The molecule has 2 rings (SSSR count). The quantitative estimate of drug-likeness (QED) is 0.818. The van der Waals surface area contributed by atoms with Crippen molar-refractivity contribution in [3.8, 4) is 0 Å². The predicted molar refractivity (Wildman–Crippen MR) is 59.9 cm³/mol. The van der Waals surface area contributed by atoms with Crippen molar-refractivity contribution in [3.05, 3.63) is 35.1 Å². The van der Waals surface area contributed by atoms with Crippen molar-refractivity contribution in [2.24, 2.45) is 0 Å². The van der Waals surface area contributed by atoms with Crippen LogP contribution >= 0.6 is 0 Å². The molecular formula is C13H15FO3. The molecule has 92 valence electrons. The minimum atomic E-state index is -1.06. The van der Waals surface area contributed by atoms with Crippen molar-refractivity contribution in [2.75, 3.05) is 6.61 Å². The lowest BCUT2D eigenvalue weighted by Crippen LogP contribution is -2.25. The van der Waals surface area contributed by atoms with Crippen molar-refractivity contribution in [1.82, 2.24) is 0 Å². The first-order chi connectivity index (χ1) is 8.01. The highest BCUT2D eigenvalue weighted by atomic mass is 19.1. The van der Waals surface area contributed by atoms with Gasteiger partial charge < -0.3 is 9.84 Å². The van der Waals surface area contributed by atoms with Gasteiger partial charge in [0.2, 0.25) is 0 Å². The molecule has 1 aromatic carbocycles. The molecule has 1 unspecified atom stereocenters. The molecule has 17 heavy (non-hydrogen) atoms. The summed E-state index contributed by atoms with van der Waals surface area (Å²) in [4.78, 5) is 10.7. The second kappa shape index (κ2) is 4.45. The van der Waals surface area contributed by atoms with Gasteiger partial charge in [-0.05, 0) is 36.1 Å². The van der Waals surface area contributed by atoms with Crippen LogP contribution in [-0.2, 0) is 21.6 Å². The summed E-state index contributed by atoms with van der Waals surface area (Å²) in [6.45, 7) is 1.48. The van der Waals surface area contributed by atoms with Crippen molar-refractivity contribution >= 4 is 5.97 Å². The molecule has 0 radical (unpaired) electrons. The van der Waals surface area contributed by atoms with E-state index < -0.39 is 5.60 Å². The number of hydrogen-bond acceptors (Lipinski definition) is 3. The monoisotopic (exact) mass is 238 g/mol. The average Bonchev–Trinajstić information content (AvgIpc) is 2.56. The lowest BCUT2D eigenvalue weighted by atomic mass is 9.93. The van der Waals surface area contributed by atoms with Gasteiger partial charge in [0.05, 0.1) is 12.2 Å². The summed E-state index contributed by atoms with van der Waals surface area (Å²) in [6, 6.07) is 4.47. The van der Waals surface area contributed by atoms with E-state index in [2.05, 4.69) is 0 Å². The molecule has 1 aromatic rings. The van der Waals surface area contributed by atoms with Crippen LogP contribution in [0.3, 0.4) is 0 Å². The Balaban J connectivity index is 2.13. The molecule has 1 aliphatic carbocycles. The van der Waals surface area contributed by atoms with Crippen LogP contribution < -0.4 is 0 Å². The van der Waals surface area contributed by atoms with Gasteiger partial charge in [0.25, 0.3) is 0 Å². The minimum Gasteiger partial charge on any atom is -0.466 e. The number of carbonyl (C=O) groups excluding carboxylic acids is 1. The highest BCUT2D eigenvalue weighted by Gasteiger charge is 2.36. The molecule has 0 amide bonds. The van der Waals surface area contributed by atoms with E-state index >= 15 is 0 Å². The first-order valence-corrected chi connectivity index (χ1v) is 5.66. The molecule has 1 atom stereocenters. The normalized spacial score (nSPS) is 22.3. The summed E-state index contributed by atoms with van der Waals surface area (Å²) >= 11 is 0. The number of ether oxygens (including phenoxy) is 1. The minimum absolute atomic E-state index is 0.155. The number of aliphatic hydroxyl groups is 1. The third kappa shape index (κ3) is 2.47. The van der Waals surface area contributed by atoms with E-state index in [4.69, 9.17) is 4.74 Å². The highest BCUT2D eigenvalue weighted by molar-refractivity contribution is 5.65. The first-order valence-electron chi connectivity index (χ1n) is 5.66. The van der Waals surface area contributed by atoms with Gasteiger partial charge >= 0.3 is 5.97 Å². The summed E-state index contributed by atoms with van der Waals surface area (Å²) in [6.07, 6.45) is 1.59. The zero-order valence-corrected chi connectivity index (χ0v) is 9.70. The zero-order valence-electron chi connectivity index (χ0n) is 9.70. The van der Waals surface area contributed by atoms with Crippen LogP contribution in [0.5, 0.6) is 0 Å². The molecular weight excluding hydrogens is 223 g/mol. The summed E-state index contributed by atoms with van der Waals surface area (Å²) in [5.74, 6) is -0.720. The van der Waals surface area contributed by atoms with E-state index in [-0.39, 0.29) is 18.4 Å². The summed E-state index contributed by atoms with van der Waals surface area (Å²) in [7, 11) is 0. The number of esters is 1. The SMILES string of the molecule is CC(=O)OCCC1(O)CCc2ccc(F)cc21. The second-order valence-electron chi connectivity index (χ2n) is 4.42. The molecule has 1 N–H and O–H groups in total. The van der Waals surface area contributed by atoms with Crippen LogP contribution in [0.4, 0.5) is 4.39 Å². The van der Waals surface area contributed by atoms with E-state index in [0.29, 0.717) is 18.4 Å². The topological polar surface area (TPSA) is 46.5 Å². The van der Waals surface area contributed by atoms with Gasteiger partial charge in [0.1, 0.15) is 5.82 Å². The molecule has 1 aliphatic rings.